The summed E-state index contributed by atoms with van der Waals surface area (Å²) in [6, 6.07) is 4.93. The topological polar surface area (TPSA) is 83.1 Å². The molecule has 0 spiro atoms. The van der Waals surface area contributed by atoms with Crippen LogP contribution in [0, 0.1) is 13.8 Å². The van der Waals surface area contributed by atoms with Gasteiger partial charge in [0.1, 0.15) is 0 Å². The van der Waals surface area contributed by atoms with E-state index in [2.05, 4.69) is 9.97 Å². The smallest absolute Gasteiger partial charge is 0.295 e. The molecule has 20 heavy (non-hydrogen) atoms. The highest BCUT2D eigenvalue weighted by atomic mass is 16.3. The second kappa shape index (κ2) is 5.28. The minimum atomic E-state index is -0.573. The molecule has 0 aliphatic rings. The predicted octanol–water partition coefficient (Wildman–Crippen LogP) is 1.89. The quantitative estimate of drug-likeness (QED) is 0.836. The maximum absolute atomic E-state index is 12.5. The van der Waals surface area contributed by atoms with Crippen LogP contribution in [0.25, 0.3) is 0 Å². The molecule has 5 nitrogen and oxygen atoms in total. The number of hydrogen-bond acceptors (Lipinski definition) is 4. The van der Waals surface area contributed by atoms with Crippen LogP contribution in [0.1, 0.15) is 39.7 Å². The maximum Gasteiger partial charge on any atom is 0.295 e. The molecule has 1 heterocycles. The number of rotatable bonds is 3. The van der Waals surface area contributed by atoms with E-state index in [-0.39, 0.29) is 17.0 Å². The van der Waals surface area contributed by atoms with Gasteiger partial charge in [0.2, 0.25) is 5.78 Å². The summed E-state index contributed by atoms with van der Waals surface area (Å²) in [6.45, 7) is 5.57. The zero-order valence-corrected chi connectivity index (χ0v) is 11.7. The van der Waals surface area contributed by atoms with Crippen LogP contribution in [-0.2, 0) is 6.42 Å². The second-order valence-corrected chi connectivity index (χ2v) is 4.78. The minimum absolute atomic E-state index is 0.106. The summed E-state index contributed by atoms with van der Waals surface area (Å²) in [7, 11) is 0. The normalized spacial score (nSPS) is 10.6. The van der Waals surface area contributed by atoms with Crippen molar-refractivity contribution in [3.63, 3.8) is 0 Å². The van der Waals surface area contributed by atoms with Crippen LogP contribution in [-0.4, -0.2) is 20.9 Å². The zero-order valence-electron chi connectivity index (χ0n) is 11.7. The molecule has 0 saturated heterocycles. The number of nitrogens with zero attached hydrogens (tertiary/aromatic N) is 1. The van der Waals surface area contributed by atoms with Gasteiger partial charge in [-0.05, 0) is 32.4 Å². The molecule has 0 aliphatic heterocycles. The highest BCUT2D eigenvalue weighted by molar-refractivity contribution is 6.08. The first-order chi connectivity index (χ1) is 9.42. The van der Waals surface area contributed by atoms with E-state index in [1.165, 1.54) is 0 Å². The van der Waals surface area contributed by atoms with Gasteiger partial charge in [-0.3, -0.25) is 9.59 Å². The summed E-state index contributed by atoms with van der Waals surface area (Å²) >= 11 is 0. The number of nitrogens with one attached hydrogen (secondary N) is 1. The molecule has 0 bridgehead atoms. The molecule has 0 saturated carbocycles. The predicted molar refractivity (Wildman–Crippen MR) is 75.2 cm³/mol. The number of carbonyl (C=O) groups excluding carboxylic acids is 1. The van der Waals surface area contributed by atoms with Gasteiger partial charge < -0.3 is 10.1 Å². The Morgan fingerprint density at radius 1 is 1.25 bits per heavy atom. The van der Waals surface area contributed by atoms with E-state index in [1.54, 1.807) is 19.1 Å². The fourth-order valence-electron chi connectivity index (χ4n) is 2.26. The average Bonchev–Trinajstić information content (AvgIpc) is 2.35. The molecule has 2 aromatic rings. The molecule has 5 heteroatoms. The molecule has 0 aliphatic carbocycles. The van der Waals surface area contributed by atoms with Gasteiger partial charge in [0.25, 0.3) is 11.6 Å². The Labute approximate surface area is 116 Å². The van der Waals surface area contributed by atoms with Gasteiger partial charge in [-0.1, -0.05) is 24.1 Å². The van der Waals surface area contributed by atoms with Crippen molar-refractivity contribution in [2.24, 2.45) is 0 Å². The van der Waals surface area contributed by atoms with Crippen LogP contribution in [0.4, 0.5) is 0 Å². The van der Waals surface area contributed by atoms with Gasteiger partial charge in [0.15, 0.2) is 0 Å². The Kier molecular flexibility index (Phi) is 3.70. The molecule has 2 N–H and O–H groups in total. The third kappa shape index (κ3) is 2.61. The Bertz CT molecular complexity index is 712. The van der Waals surface area contributed by atoms with Gasteiger partial charge in [0, 0.05) is 11.1 Å². The largest absolute Gasteiger partial charge is 0.480 e. The van der Waals surface area contributed by atoms with Crippen molar-refractivity contribution in [1.29, 1.82) is 0 Å². The molecule has 0 radical (unpaired) electrons. The third-order valence-corrected chi connectivity index (χ3v) is 3.07. The number of aromatic nitrogens is 2. The first kappa shape index (κ1) is 14.0. The summed E-state index contributed by atoms with van der Waals surface area (Å²) < 4.78 is 0. The Morgan fingerprint density at radius 3 is 2.40 bits per heavy atom. The Balaban J connectivity index is 2.61. The Hall–Kier alpha value is -2.43. The number of H-pyrrole nitrogens is 1. The van der Waals surface area contributed by atoms with E-state index < -0.39 is 11.6 Å². The molecule has 0 amide bonds. The van der Waals surface area contributed by atoms with E-state index in [4.69, 9.17) is 0 Å². The van der Waals surface area contributed by atoms with Gasteiger partial charge in [0.05, 0.1) is 5.69 Å². The molecule has 0 unspecified atom stereocenters. The molecule has 104 valence electrons. The van der Waals surface area contributed by atoms with Crippen molar-refractivity contribution < 1.29 is 9.90 Å². The number of aromatic hydroxyl groups is 1. The minimum Gasteiger partial charge on any atom is -0.480 e. The first-order valence-corrected chi connectivity index (χ1v) is 6.37. The van der Waals surface area contributed by atoms with E-state index in [0.29, 0.717) is 12.0 Å². The maximum atomic E-state index is 12.5. The van der Waals surface area contributed by atoms with Crippen LogP contribution in [0.15, 0.2) is 23.0 Å². The Morgan fingerprint density at radius 2 is 1.85 bits per heavy atom. The lowest BCUT2D eigenvalue weighted by Crippen LogP contribution is -2.20. The number of ketones is 1. The highest BCUT2D eigenvalue weighted by Gasteiger charge is 2.18. The molecule has 1 aromatic heterocycles. The summed E-state index contributed by atoms with van der Waals surface area (Å²) in [5.74, 6) is -0.316. The monoisotopic (exact) mass is 272 g/mol. The molecule has 1 aromatic carbocycles. The summed E-state index contributed by atoms with van der Waals surface area (Å²) in [6.07, 6.45) is 0.370. The van der Waals surface area contributed by atoms with E-state index in [0.717, 1.165) is 11.1 Å². The van der Waals surface area contributed by atoms with Gasteiger partial charge in [-0.2, -0.15) is 4.98 Å². The van der Waals surface area contributed by atoms with Crippen LogP contribution < -0.4 is 5.56 Å². The highest BCUT2D eigenvalue weighted by Crippen LogP contribution is 2.15. The van der Waals surface area contributed by atoms with Gasteiger partial charge in [-0.25, -0.2) is 0 Å². The lowest BCUT2D eigenvalue weighted by molar-refractivity contribution is 0.103. The standard InChI is InChI=1S/C15H16N2O3/c1-4-11-12(16-15(20)17-14(11)19)13(18)10-6-8(2)5-9(3)7-10/h5-7H,4H2,1-3H3,(H2,16,17,19,20). The van der Waals surface area contributed by atoms with Crippen LogP contribution in [0.3, 0.4) is 0 Å². The zero-order chi connectivity index (χ0) is 14.9. The van der Waals surface area contributed by atoms with Crippen LogP contribution >= 0.6 is 0 Å². The second-order valence-electron chi connectivity index (χ2n) is 4.78. The summed E-state index contributed by atoms with van der Waals surface area (Å²) in [5.41, 5.74) is 2.23. The fraction of sp³-hybridized carbons (Fsp3) is 0.267. The average molecular weight is 272 g/mol. The first-order valence-electron chi connectivity index (χ1n) is 6.37. The molecule has 0 fully saturated rings. The number of aromatic amines is 1. The van der Waals surface area contributed by atoms with Crippen LogP contribution in [0.5, 0.6) is 6.01 Å². The van der Waals surface area contributed by atoms with Crippen molar-refractivity contribution in [2.75, 3.05) is 0 Å². The molecule has 2 rings (SSSR count). The van der Waals surface area contributed by atoms with Crippen molar-refractivity contribution in [1.82, 2.24) is 9.97 Å². The number of hydrogen-bond donors (Lipinski definition) is 2. The number of aryl methyl sites for hydroxylation is 2. The van der Waals surface area contributed by atoms with Gasteiger partial charge >= 0.3 is 0 Å². The van der Waals surface area contributed by atoms with Gasteiger partial charge in [-0.15, -0.1) is 0 Å². The molecular weight excluding hydrogens is 256 g/mol. The van der Waals surface area contributed by atoms with Crippen LogP contribution in [0.2, 0.25) is 0 Å². The lowest BCUT2D eigenvalue weighted by Gasteiger charge is -2.08. The third-order valence-electron chi connectivity index (χ3n) is 3.07. The molecular formula is C15H16N2O3. The van der Waals surface area contributed by atoms with E-state index in [1.807, 2.05) is 19.9 Å². The number of carbonyl (C=O) groups is 1. The summed E-state index contributed by atoms with van der Waals surface area (Å²) in [5, 5.41) is 9.40. The van der Waals surface area contributed by atoms with E-state index in [9.17, 15) is 14.7 Å². The van der Waals surface area contributed by atoms with Crippen molar-refractivity contribution in [2.45, 2.75) is 27.2 Å². The lowest BCUT2D eigenvalue weighted by atomic mass is 9.99. The van der Waals surface area contributed by atoms with Crippen molar-refractivity contribution in [3.05, 3.63) is 56.5 Å². The SMILES string of the molecule is CCc1c(C(=O)c2cc(C)cc(C)c2)[nH]c(O)nc1=O. The fourth-order valence-corrected chi connectivity index (χ4v) is 2.26. The van der Waals surface area contributed by atoms with Crippen molar-refractivity contribution >= 4 is 5.78 Å². The van der Waals surface area contributed by atoms with E-state index >= 15 is 0 Å². The van der Waals surface area contributed by atoms with Crippen molar-refractivity contribution in [3.8, 4) is 6.01 Å². The summed E-state index contributed by atoms with van der Waals surface area (Å²) in [4.78, 5) is 30.2. The number of benzene rings is 1. The molecule has 0 atom stereocenters.